The molecule has 3 aliphatic rings. The van der Waals surface area contributed by atoms with Crippen molar-refractivity contribution >= 4 is 17.3 Å². The van der Waals surface area contributed by atoms with Crippen molar-refractivity contribution in [3.63, 3.8) is 0 Å². The zero-order chi connectivity index (χ0) is 26.7. The van der Waals surface area contributed by atoms with Gasteiger partial charge in [0.15, 0.2) is 17.3 Å². The second-order valence-corrected chi connectivity index (χ2v) is 12.5. The minimum Gasteiger partial charge on any atom is -0.393 e. The van der Waals surface area contributed by atoms with Crippen LogP contribution in [0.15, 0.2) is 17.2 Å². The summed E-state index contributed by atoms with van der Waals surface area (Å²) in [4.78, 5) is 40.6. The Balaban J connectivity index is 1.80. The van der Waals surface area contributed by atoms with Crippen molar-refractivity contribution in [2.75, 3.05) is 0 Å². The molecule has 6 unspecified atom stereocenters. The lowest BCUT2D eigenvalue weighted by Crippen LogP contribution is -2.57. The first-order valence-corrected chi connectivity index (χ1v) is 14.0. The molecule has 1 fully saturated rings. The first-order chi connectivity index (χ1) is 16.8. The van der Waals surface area contributed by atoms with E-state index in [-0.39, 0.29) is 47.1 Å². The molecular weight excluding hydrogens is 448 g/mol. The number of fused-ring (bicyclic) bond motifs is 3. The molecule has 0 amide bonds. The molecule has 1 aromatic carbocycles. The molecule has 0 saturated heterocycles. The summed E-state index contributed by atoms with van der Waals surface area (Å²) in [5.74, 6) is 0.366. The van der Waals surface area contributed by atoms with Crippen molar-refractivity contribution in [3.8, 4) is 0 Å². The highest BCUT2D eigenvalue weighted by molar-refractivity contribution is 6.22. The molecule has 0 heterocycles. The van der Waals surface area contributed by atoms with Gasteiger partial charge in [0, 0.05) is 16.9 Å². The zero-order valence-electron chi connectivity index (χ0n) is 23.5. The minimum absolute atomic E-state index is 0.0461. The number of carbonyl (C=O) groups is 3. The highest BCUT2D eigenvalue weighted by Gasteiger charge is 2.59. The van der Waals surface area contributed by atoms with Crippen molar-refractivity contribution in [1.29, 1.82) is 0 Å². The number of aryl methyl sites for hydroxylation is 1. The highest BCUT2D eigenvalue weighted by Crippen LogP contribution is 2.59. The number of carbonyl (C=O) groups excluding carboxylic acids is 3. The van der Waals surface area contributed by atoms with Crippen LogP contribution in [0.4, 0.5) is 0 Å². The van der Waals surface area contributed by atoms with Gasteiger partial charge in [-0.2, -0.15) is 0 Å². The molecular formula is C32H44O4. The van der Waals surface area contributed by atoms with Gasteiger partial charge in [-0.1, -0.05) is 46.3 Å². The summed E-state index contributed by atoms with van der Waals surface area (Å²) in [6.07, 6.45) is 4.35. The van der Waals surface area contributed by atoms with E-state index in [9.17, 15) is 19.5 Å². The van der Waals surface area contributed by atoms with Gasteiger partial charge >= 0.3 is 0 Å². The quantitative estimate of drug-likeness (QED) is 0.471. The zero-order valence-corrected chi connectivity index (χ0v) is 23.5. The molecule has 6 atom stereocenters. The van der Waals surface area contributed by atoms with E-state index in [0.717, 1.165) is 54.4 Å². The summed E-state index contributed by atoms with van der Waals surface area (Å²) < 4.78 is 0. The first-order valence-electron chi connectivity index (χ1n) is 14.0. The average molecular weight is 493 g/mol. The summed E-state index contributed by atoms with van der Waals surface area (Å²) >= 11 is 0. The van der Waals surface area contributed by atoms with Gasteiger partial charge in [0.05, 0.1) is 11.7 Å². The Bertz CT molecular complexity index is 1140. The molecule has 36 heavy (non-hydrogen) atoms. The maximum absolute atomic E-state index is 14.4. The predicted molar refractivity (Wildman–Crippen MR) is 143 cm³/mol. The Morgan fingerprint density at radius 1 is 1.19 bits per heavy atom. The Kier molecular flexibility index (Phi) is 7.24. The van der Waals surface area contributed by atoms with Gasteiger partial charge in [-0.05, 0) is 105 Å². The summed E-state index contributed by atoms with van der Waals surface area (Å²) in [6, 6.07) is 2.29. The summed E-state index contributed by atoms with van der Waals surface area (Å²) in [7, 11) is 0. The number of benzene rings is 1. The van der Waals surface area contributed by atoms with Crippen LogP contribution in [0.3, 0.4) is 0 Å². The van der Waals surface area contributed by atoms with Crippen LogP contribution in [-0.2, 0) is 22.4 Å². The van der Waals surface area contributed by atoms with Gasteiger partial charge in [-0.25, -0.2) is 0 Å². The van der Waals surface area contributed by atoms with Crippen LogP contribution >= 0.6 is 0 Å². The van der Waals surface area contributed by atoms with Crippen LogP contribution in [0.1, 0.15) is 113 Å². The number of allylic oxidation sites excluding steroid dienone is 2. The molecule has 196 valence electrons. The number of hydrogen-bond donors (Lipinski definition) is 1. The lowest BCUT2D eigenvalue weighted by molar-refractivity contribution is -0.139. The van der Waals surface area contributed by atoms with E-state index in [1.54, 1.807) is 0 Å². The largest absolute Gasteiger partial charge is 0.393 e. The number of rotatable bonds is 6. The van der Waals surface area contributed by atoms with Crippen LogP contribution in [0.5, 0.6) is 0 Å². The topological polar surface area (TPSA) is 71.4 Å². The number of ketones is 3. The molecule has 1 aromatic rings. The molecule has 0 bridgehead atoms. The van der Waals surface area contributed by atoms with Gasteiger partial charge in [-0.3, -0.25) is 14.4 Å². The van der Waals surface area contributed by atoms with Gasteiger partial charge < -0.3 is 5.11 Å². The molecule has 4 rings (SSSR count). The maximum Gasteiger partial charge on any atom is 0.172 e. The van der Waals surface area contributed by atoms with Crippen LogP contribution in [0.2, 0.25) is 0 Å². The minimum atomic E-state index is -0.688. The number of Topliss-reactive ketones (excluding diaryl/α,β-unsaturated/α-hetero) is 3. The SMILES string of the molecule is CCC(O)CCc1cc(C(C)C)c2c(c1C)C(=O)C1C(C2)CC2CC(C)=C(C(C)=O)C(=O)C2(C)C1C. The summed E-state index contributed by atoms with van der Waals surface area (Å²) in [5, 5.41) is 10.2. The highest BCUT2D eigenvalue weighted by atomic mass is 16.3. The van der Waals surface area contributed by atoms with Crippen LogP contribution in [-0.4, -0.2) is 28.6 Å². The van der Waals surface area contributed by atoms with Crippen LogP contribution in [0.25, 0.3) is 0 Å². The third kappa shape index (κ3) is 4.04. The van der Waals surface area contributed by atoms with Gasteiger partial charge in [0.1, 0.15) is 0 Å². The Morgan fingerprint density at radius 2 is 1.86 bits per heavy atom. The van der Waals surface area contributed by atoms with Gasteiger partial charge in [-0.15, -0.1) is 0 Å². The third-order valence-electron chi connectivity index (χ3n) is 10.2. The number of hydrogen-bond acceptors (Lipinski definition) is 4. The van der Waals surface area contributed by atoms with Crippen molar-refractivity contribution < 1.29 is 19.5 Å². The Hall–Kier alpha value is -2.07. The van der Waals surface area contributed by atoms with E-state index in [4.69, 9.17) is 0 Å². The molecule has 3 aliphatic carbocycles. The molecule has 0 spiro atoms. The standard InChI is InChI=1S/C32H44O4/c1-9-24(34)11-10-21-14-25(16(2)3)26-15-22-13-23-12-17(4)27(20(7)33)31(36)32(23,8)19(6)29(22)30(35)28(26)18(21)5/h14,16,19,22-24,29,34H,9-13,15H2,1-8H3. The van der Waals surface area contributed by atoms with Crippen LogP contribution in [0, 0.1) is 36.0 Å². The van der Waals surface area contributed by atoms with Crippen molar-refractivity contribution in [1.82, 2.24) is 0 Å². The van der Waals surface area contributed by atoms with Crippen molar-refractivity contribution in [3.05, 3.63) is 45.0 Å². The Labute approximate surface area is 216 Å². The van der Waals surface area contributed by atoms with Crippen LogP contribution < -0.4 is 0 Å². The van der Waals surface area contributed by atoms with E-state index >= 15 is 0 Å². The molecule has 0 aliphatic heterocycles. The fourth-order valence-corrected chi connectivity index (χ4v) is 7.84. The second-order valence-electron chi connectivity index (χ2n) is 12.5. The second kappa shape index (κ2) is 9.67. The van der Waals surface area contributed by atoms with E-state index in [1.807, 2.05) is 20.8 Å². The Morgan fingerprint density at radius 3 is 2.44 bits per heavy atom. The normalized spacial score (nSPS) is 30.7. The predicted octanol–water partition coefficient (Wildman–Crippen LogP) is 6.33. The number of aliphatic hydroxyl groups excluding tert-OH is 1. The maximum atomic E-state index is 14.4. The third-order valence-corrected chi connectivity index (χ3v) is 10.2. The van der Waals surface area contributed by atoms with E-state index < -0.39 is 5.41 Å². The van der Waals surface area contributed by atoms with E-state index in [1.165, 1.54) is 18.1 Å². The number of aliphatic hydroxyl groups is 1. The molecule has 4 nitrogen and oxygen atoms in total. The van der Waals surface area contributed by atoms with E-state index in [0.29, 0.717) is 17.9 Å². The molecule has 1 saturated carbocycles. The molecule has 1 N–H and O–H groups in total. The molecule has 0 radical (unpaired) electrons. The summed E-state index contributed by atoms with van der Waals surface area (Å²) in [5.41, 5.74) is 6.16. The van der Waals surface area contributed by atoms with Gasteiger partial charge in [0.25, 0.3) is 0 Å². The van der Waals surface area contributed by atoms with Crippen molar-refractivity contribution in [2.24, 2.45) is 29.1 Å². The monoisotopic (exact) mass is 492 g/mol. The molecule has 4 heteroatoms. The lowest BCUT2D eigenvalue weighted by Gasteiger charge is -2.55. The lowest BCUT2D eigenvalue weighted by atomic mass is 9.46. The first kappa shape index (κ1) is 27.0. The fourth-order valence-electron chi connectivity index (χ4n) is 7.84. The molecule has 0 aromatic heterocycles. The van der Waals surface area contributed by atoms with E-state index in [2.05, 4.69) is 33.8 Å². The summed E-state index contributed by atoms with van der Waals surface area (Å²) in [6.45, 7) is 16.0. The average Bonchev–Trinajstić information content (AvgIpc) is 2.80. The smallest absolute Gasteiger partial charge is 0.172 e. The van der Waals surface area contributed by atoms with Crippen molar-refractivity contribution in [2.45, 2.75) is 106 Å². The fraction of sp³-hybridized carbons (Fsp3) is 0.656. The van der Waals surface area contributed by atoms with Gasteiger partial charge in [0.2, 0.25) is 0 Å².